The molecule has 0 saturated heterocycles. The van der Waals surface area contributed by atoms with Crippen molar-refractivity contribution >= 4 is 17.4 Å². The van der Waals surface area contributed by atoms with E-state index in [0.29, 0.717) is 17.3 Å². The van der Waals surface area contributed by atoms with Crippen LogP contribution in [0.3, 0.4) is 0 Å². The van der Waals surface area contributed by atoms with Crippen molar-refractivity contribution in [1.29, 1.82) is 0 Å². The fourth-order valence-corrected chi connectivity index (χ4v) is 1.83. The van der Waals surface area contributed by atoms with Crippen molar-refractivity contribution in [3.05, 3.63) is 16.4 Å². The van der Waals surface area contributed by atoms with Crippen LogP contribution in [-0.4, -0.2) is 26.8 Å². The molecule has 0 aliphatic rings. The molecule has 1 unspecified atom stereocenters. The summed E-state index contributed by atoms with van der Waals surface area (Å²) in [5.41, 5.74) is 1.50. The zero-order chi connectivity index (χ0) is 12.3. The normalized spacial score (nSPS) is 12.8. The maximum absolute atomic E-state index is 11.5. The van der Waals surface area contributed by atoms with Gasteiger partial charge in [0.1, 0.15) is 6.10 Å². The number of carbonyl (C=O) groups excluding carboxylic acids is 1. The molecule has 1 rings (SSSR count). The molecular weight excluding hydrogens is 228 g/mol. The average Bonchev–Trinajstić information content (AvgIpc) is 2.55. The molecule has 0 fully saturated rings. The Hall–Kier alpha value is -0.870. The number of Topliss-reactive ketones (excluding diaryl/α,β-unsaturated/α-hetero) is 1. The van der Waals surface area contributed by atoms with E-state index in [1.807, 2.05) is 13.8 Å². The van der Waals surface area contributed by atoms with Gasteiger partial charge in [-0.1, -0.05) is 18.5 Å². The summed E-state index contributed by atoms with van der Waals surface area (Å²) in [6.07, 6.45) is -0.0830. The molecule has 1 heterocycles. The first kappa shape index (κ1) is 13.2. The van der Waals surface area contributed by atoms with Crippen LogP contribution in [-0.2, 0) is 24.2 Å². The van der Waals surface area contributed by atoms with Crippen molar-refractivity contribution < 1.29 is 9.90 Å². The van der Waals surface area contributed by atoms with Gasteiger partial charge in [0.15, 0.2) is 5.78 Å². The molecule has 0 bridgehead atoms. The second-order valence-electron chi connectivity index (χ2n) is 3.70. The number of aliphatic hydroxyl groups is 1. The molecule has 1 aromatic heterocycles. The maximum atomic E-state index is 11.5. The van der Waals surface area contributed by atoms with Gasteiger partial charge in [0.25, 0.3) is 0 Å². The summed E-state index contributed by atoms with van der Waals surface area (Å²) in [7, 11) is 0. The molecule has 4 nitrogen and oxygen atoms in total. The molecule has 0 aliphatic heterocycles. The van der Waals surface area contributed by atoms with Crippen LogP contribution in [0.15, 0.2) is 0 Å². The molecule has 1 N–H and O–H groups in total. The van der Waals surface area contributed by atoms with E-state index in [4.69, 9.17) is 11.6 Å². The van der Waals surface area contributed by atoms with Crippen LogP contribution in [0.25, 0.3) is 0 Å². The first-order valence-electron chi connectivity index (χ1n) is 5.46. The monoisotopic (exact) mass is 244 g/mol. The maximum Gasteiger partial charge on any atom is 0.166 e. The van der Waals surface area contributed by atoms with Crippen molar-refractivity contribution in [2.24, 2.45) is 0 Å². The third-order valence-corrected chi connectivity index (χ3v) is 2.94. The van der Waals surface area contributed by atoms with E-state index >= 15 is 0 Å². The number of hydrogen-bond acceptors (Lipinski definition) is 3. The van der Waals surface area contributed by atoms with E-state index in [-0.39, 0.29) is 12.2 Å². The Morgan fingerprint density at radius 3 is 2.62 bits per heavy atom. The fraction of sp³-hybridized carbons (Fsp3) is 0.636. The predicted molar refractivity (Wildman–Crippen MR) is 62.7 cm³/mol. The summed E-state index contributed by atoms with van der Waals surface area (Å²) < 4.78 is 1.72. The van der Waals surface area contributed by atoms with E-state index in [2.05, 4.69) is 5.10 Å². The summed E-state index contributed by atoms with van der Waals surface area (Å²) in [4.78, 5) is 11.5. The lowest BCUT2D eigenvalue weighted by molar-refractivity contribution is -0.125. The molecule has 5 heteroatoms. The van der Waals surface area contributed by atoms with Crippen molar-refractivity contribution in [3.63, 3.8) is 0 Å². The Balaban J connectivity index is 3.02. The molecule has 16 heavy (non-hydrogen) atoms. The van der Waals surface area contributed by atoms with E-state index < -0.39 is 6.10 Å². The summed E-state index contributed by atoms with van der Waals surface area (Å²) in [5.74, 6) is -0.237. The van der Waals surface area contributed by atoms with E-state index in [0.717, 1.165) is 12.1 Å². The predicted octanol–water partition coefficient (Wildman–Crippen LogP) is 1.61. The average molecular weight is 245 g/mol. The third-order valence-electron chi connectivity index (χ3n) is 2.50. The summed E-state index contributed by atoms with van der Waals surface area (Å²) in [6.45, 7) is 6.04. The topological polar surface area (TPSA) is 55.1 Å². The van der Waals surface area contributed by atoms with Gasteiger partial charge >= 0.3 is 0 Å². The molecule has 0 saturated carbocycles. The molecule has 0 spiro atoms. The Bertz CT molecular complexity index is 386. The van der Waals surface area contributed by atoms with Crippen LogP contribution in [0, 0.1) is 0 Å². The van der Waals surface area contributed by atoms with Gasteiger partial charge in [0, 0.05) is 6.54 Å². The second-order valence-corrected chi connectivity index (χ2v) is 4.07. The standard InChI is InChI=1S/C11H17ClN2O2/c1-4-8-11(12)9(14(5-2)13-8)6-10(16)7(3)15/h7,15H,4-6H2,1-3H3. The van der Waals surface area contributed by atoms with Crippen LogP contribution in [0.2, 0.25) is 5.02 Å². The molecule has 0 aliphatic carbocycles. The zero-order valence-electron chi connectivity index (χ0n) is 9.83. The van der Waals surface area contributed by atoms with Crippen molar-refractivity contribution in [2.45, 2.75) is 46.3 Å². The van der Waals surface area contributed by atoms with E-state index in [1.54, 1.807) is 4.68 Å². The number of aryl methyl sites for hydroxylation is 2. The highest BCUT2D eigenvalue weighted by atomic mass is 35.5. The van der Waals surface area contributed by atoms with Crippen LogP contribution >= 0.6 is 11.6 Å². The van der Waals surface area contributed by atoms with Crippen LogP contribution < -0.4 is 0 Å². The van der Waals surface area contributed by atoms with Gasteiger partial charge < -0.3 is 5.11 Å². The van der Waals surface area contributed by atoms with Gasteiger partial charge in [0.2, 0.25) is 0 Å². The second kappa shape index (κ2) is 5.46. The first-order valence-corrected chi connectivity index (χ1v) is 5.83. The van der Waals surface area contributed by atoms with Gasteiger partial charge in [-0.05, 0) is 20.3 Å². The van der Waals surface area contributed by atoms with Crippen LogP contribution in [0.1, 0.15) is 32.2 Å². The highest BCUT2D eigenvalue weighted by Gasteiger charge is 2.19. The first-order chi connectivity index (χ1) is 7.51. The molecular formula is C11H17ClN2O2. The minimum absolute atomic E-state index is 0.136. The highest BCUT2D eigenvalue weighted by molar-refractivity contribution is 6.32. The number of aromatic nitrogens is 2. The molecule has 1 aromatic rings. The molecule has 0 amide bonds. The SMILES string of the molecule is CCc1nn(CC)c(CC(=O)C(C)O)c1Cl. The number of rotatable bonds is 5. The van der Waals surface area contributed by atoms with Crippen LogP contribution in [0.5, 0.6) is 0 Å². The summed E-state index contributed by atoms with van der Waals surface area (Å²) in [6, 6.07) is 0. The number of hydrogen-bond donors (Lipinski definition) is 1. The van der Waals surface area contributed by atoms with Gasteiger partial charge in [-0.3, -0.25) is 9.48 Å². The van der Waals surface area contributed by atoms with Crippen molar-refractivity contribution in [1.82, 2.24) is 9.78 Å². The Kier molecular flexibility index (Phi) is 4.50. The van der Waals surface area contributed by atoms with E-state index in [9.17, 15) is 9.90 Å². The van der Waals surface area contributed by atoms with E-state index in [1.165, 1.54) is 6.92 Å². The van der Waals surface area contributed by atoms with Gasteiger partial charge in [0.05, 0.1) is 22.8 Å². The van der Waals surface area contributed by atoms with Gasteiger partial charge in [-0.2, -0.15) is 5.10 Å². The number of ketones is 1. The minimum atomic E-state index is -0.957. The lowest BCUT2D eigenvalue weighted by Gasteiger charge is -2.06. The number of halogens is 1. The third kappa shape index (κ3) is 2.62. The Labute approximate surface area is 100 Å². The largest absolute Gasteiger partial charge is 0.386 e. The number of carbonyl (C=O) groups is 1. The number of nitrogens with zero attached hydrogens (tertiary/aromatic N) is 2. The van der Waals surface area contributed by atoms with Crippen molar-refractivity contribution in [2.75, 3.05) is 0 Å². The molecule has 1 atom stereocenters. The Morgan fingerprint density at radius 2 is 2.19 bits per heavy atom. The smallest absolute Gasteiger partial charge is 0.166 e. The Morgan fingerprint density at radius 1 is 1.56 bits per heavy atom. The lowest BCUT2D eigenvalue weighted by atomic mass is 10.1. The molecule has 0 radical (unpaired) electrons. The minimum Gasteiger partial charge on any atom is -0.386 e. The van der Waals surface area contributed by atoms with Crippen molar-refractivity contribution in [3.8, 4) is 0 Å². The fourth-order valence-electron chi connectivity index (χ4n) is 1.50. The summed E-state index contributed by atoms with van der Waals surface area (Å²) >= 11 is 6.14. The highest BCUT2D eigenvalue weighted by Crippen LogP contribution is 2.22. The molecule has 90 valence electrons. The summed E-state index contributed by atoms with van der Waals surface area (Å²) in [5, 5.41) is 14.0. The number of aliphatic hydroxyl groups excluding tert-OH is 1. The van der Waals surface area contributed by atoms with Gasteiger partial charge in [-0.15, -0.1) is 0 Å². The lowest BCUT2D eigenvalue weighted by Crippen LogP contribution is -2.20. The molecule has 0 aromatic carbocycles. The van der Waals surface area contributed by atoms with Gasteiger partial charge in [-0.25, -0.2) is 0 Å². The van der Waals surface area contributed by atoms with Crippen LogP contribution in [0.4, 0.5) is 0 Å². The quantitative estimate of drug-likeness (QED) is 0.856. The zero-order valence-corrected chi connectivity index (χ0v) is 10.6.